The predicted octanol–water partition coefficient (Wildman–Crippen LogP) is 2.93. The molecule has 1 rings (SSSR count). The van der Waals surface area contributed by atoms with Crippen molar-refractivity contribution in [3.05, 3.63) is 30.3 Å². The summed E-state index contributed by atoms with van der Waals surface area (Å²) in [4.78, 5) is 37.6. The number of rotatable bonds is 8. The number of para-hydroxylation sites is 1. The van der Waals surface area contributed by atoms with Crippen LogP contribution in [0.2, 0.25) is 0 Å². The van der Waals surface area contributed by atoms with Crippen LogP contribution in [0.1, 0.15) is 27.7 Å². The van der Waals surface area contributed by atoms with Gasteiger partial charge in [-0.1, -0.05) is 39.0 Å². The molecule has 0 fully saturated rings. The molecule has 0 aliphatic carbocycles. The van der Waals surface area contributed by atoms with Gasteiger partial charge in [0.25, 0.3) is 0 Å². The van der Waals surface area contributed by atoms with Gasteiger partial charge in [-0.25, -0.2) is 0 Å². The molecule has 5 nitrogen and oxygen atoms in total. The van der Waals surface area contributed by atoms with Crippen LogP contribution in [-0.4, -0.2) is 42.3 Å². The number of benzene rings is 1. The Morgan fingerprint density at radius 2 is 1.71 bits per heavy atom. The van der Waals surface area contributed by atoms with Gasteiger partial charge in [-0.2, -0.15) is 0 Å². The molecule has 0 N–H and O–H groups in total. The highest BCUT2D eigenvalue weighted by Gasteiger charge is 2.23. The normalized spacial score (nSPS) is 11.0. The molecule has 0 aliphatic rings. The molecule has 132 valence electrons. The number of amides is 1. The average Bonchev–Trinajstić information content (AvgIpc) is 2.52. The second-order valence-electron chi connectivity index (χ2n) is 6.29. The van der Waals surface area contributed by atoms with Crippen molar-refractivity contribution in [2.24, 2.45) is 5.41 Å². The molecule has 0 radical (unpaired) electrons. The van der Waals surface area contributed by atoms with Crippen molar-refractivity contribution in [1.82, 2.24) is 0 Å². The first kappa shape index (κ1) is 20.2. The number of esters is 1. The van der Waals surface area contributed by atoms with Gasteiger partial charge in [-0.15, -0.1) is 11.8 Å². The maximum atomic E-state index is 12.5. The summed E-state index contributed by atoms with van der Waals surface area (Å²) in [7, 11) is 0. The van der Waals surface area contributed by atoms with E-state index in [1.54, 1.807) is 31.2 Å². The van der Waals surface area contributed by atoms with Crippen molar-refractivity contribution in [1.29, 1.82) is 0 Å². The van der Waals surface area contributed by atoms with Crippen LogP contribution in [0.5, 0.6) is 0 Å². The van der Waals surface area contributed by atoms with Crippen LogP contribution in [0.4, 0.5) is 5.69 Å². The molecule has 0 unspecified atom stereocenters. The third-order valence-corrected chi connectivity index (χ3v) is 4.17. The fraction of sp³-hybridized carbons (Fsp3) is 0.500. The molecule has 0 aliphatic heterocycles. The quantitative estimate of drug-likeness (QED) is 0.674. The average molecular weight is 351 g/mol. The highest BCUT2D eigenvalue weighted by molar-refractivity contribution is 8.00. The first-order valence-corrected chi connectivity index (χ1v) is 9.03. The predicted molar refractivity (Wildman–Crippen MR) is 97.2 cm³/mol. The molecule has 0 atom stereocenters. The maximum Gasteiger partial charge on any atom is 0.326 e. The largest absolute Gasteiger partial charge is 0.465 e. The Balaban J connectivity index is 2.71. The maximum absolute atomic E-state index is 12.5. The van der Waals surface area contributed by atoms with Gasteiger partial charge in [-0.05, 0) is 19.1 Å². The molecular weight excluding hydrogens is 326 g/mol. The van der Waals surface area contributed by atoms with Crippen molar-refractivity contribution >= 4 is 35.1 Å². The highest BCUT2D eigenvalue weighted by Crippen LogP contribution is 2.19. The minimum absolute atomic E-state index is 0.0944. The van der Waals surface area contributed by atoms with E-state index in [1.165, 1.54) is 16.7 Å². The van der Waals surface area contributed by atoms with Crippen LogP contribution in [-0.2, 0) is 19.1 Å². The van der Waals surface area contributed by atoms with E-state index in [4.69, 9.17) is 4.74 Å². The molecule has 0 heterocycles. The number of carbonyl (C=O) groups excluding carboxylic acids is 3. The Morgan fingerprint density at radius 1 is 1.08 bits per heavy atom. The first-order valence-electron chi connectivity index (χ1n) is 7.87. The number of anilines is 1. The van der Waals surface area contributed by atoms with Crippen molar-refractivity contribution in [3.8, 4) is 0 Å². The van der Waals surface area contributed by atoms with E-state index in [1.807, 2.05) is 26.8 Å². The molecule has 6 heteroatoms. The lowest BCUT2D eigenvalue weighted by atomic mass is 9.92. The molecule has 0 saturated heterocycles. The SMILES string of the molecule is CCOC(=O)CN(C(=O)CSCC(=O)C(C)(C)C)c1ccccc1. The topological polar surface area (TPSA) is 63.7 Å². The molecule has 1 amide bonds. The summed E-state index contributed by atoms with van der Waals surface area (Å²) in [6, 6.07) is 8.98. The summed E-state index contributed by atoms with van der Waals surface area (Å²) < 4.78 is 4.94. The molecular formula is C18H25NO4S. The van der Waals surface area contributed by atoms with Gasteiger partial charge in [0.1, 0.15) is 12.3 Å². The van der Waals surface area contributed by atoms with E-state index in [-0.39, 0.29) is 36.3 Å². The summed E-state index contributed by atoms with van der Waals surface area (Å²) in [5.41, 5.74) is 0.221. The van der Waals surface area contributed by atoms with Crippen LogP contribution in [0.15, 0.2) is 30.3 Å². The zero-order chi connectivity index (χ0) is 18.2. The number of Topliss-reactive ketones (excluding diaryl/α,β-unsaturated/α-hetero) is 1. The summed E-state index contributed by atoms with van der Waals surface area (Å²) in [6.07, 6.45) is 0. The van der Waals surface area contributed by atoms with Crippen LogP contribution in [0.25, 0.3) is 0 Å². The van der Waals surface area contributed by atoms with Crippen LogP contribution < -0.4 is 4.90 Å². The molecule has 0 aromatic heterocycles. The zero-order valence-electron chi connectivity index (χ0n) is 14.7. The molecule has 0 bridgehead atoms. The van der Waals surface area contributed by atoms with Gasteiger partial charge < -0.3 is 9.64 Å². The fourth-order valence-electron chi connectivity index (χ4n) is 1.79. The monoisotopic (exact) mass is 351 g/mol. The zero-order valence-corrected chi connectivity index (χ0v) is 15.5. The minimum Gasteiger partial charge on any atom is -0.465 e. The Bertz CT molecular complexity index is 566. The van der Waals surface area contributed by atoms with E-state index < -0.39 is 11.4 Å². The summed E-state index contributed by atoms with van der Waals surface area (Å²) in [6.45, 7) is 7.42. The van der Waals surface area contributed by atoms with E-state index in [9.17, 15) is 14.4 Å². The number of ketones is 1. The standard InChI is InChI=1S/C18H25NO4S/c1-5-23-17(22)11-19(14-9-7-6-8-10-14)16(21)13-24-12-15(20)18(2,3)4/h6-10H,5,11-13H2,1-4H3. The Kier molecular flexibility index (Phi) is 7.98. The third-order valence-electron chi connectivity index (χ3n) is 3.26. The minimum atomic E-state index is -0.453. The van der Waals surface area contributed by atoms with E-state index in [2.05, 4.69) is 0 Å². The van der Waals surface area contributed by atoms with Gasteiger partial charge in [-0.3, -0.25) is 14.4 Å². The molecule has 0 saturated carbocycles. The number of nitrogens with zero attached hydrogens (tertiary/aromatic N) is 1. The summed E-state index contributed by atoms with van der Waals surface area (Å²) >= 11 is 1.27. The second-order valence-corrected chi connectivity index (χ2v) is 7.27. The van der Waals surface area contributed by atoms with Crippen molar-refractivity contribution < 1.29 is 19.1 Å². The molecule has 0 spiro atoms. The van der Waals surface area contributed by atoms with Crippen molar-refractivity contribution in [2.45, 2.75) is 27.7 Å². The van der Waals surface area contributed by atoms with Crippen LogP contribution in [0, 0.1) is 5.41 Å². The van der Waals surface area contributed by atoms with Crippen LogP contribution in [0.3, 0.4) is 0 Å². The van der Waals surface area contributed by atoms with Gasteiger partial charge in [0.05, 0.1) is 18.1 Å². The van der Waals surface area contributed by atoms with Gasteiger partial charge >= 0.3 is 5.97 Å². The Hall–Kier alpha value is -1.82. The van der Waals surface area contributed by atoms with Crippen molar-refractivity contribution in [3.63, 3.8) is 0 Å². The van der Waals surface area contributed by atoms with E-state index >= 15 is 0 Å². The summed E-state index contributed by atoms with van der Waals surface area (Å²) in [5.74, 6) is -0.170. The lowest BCUT2D eigenvalue weighted by molar-refractivity contribution is -0.142. The van der Waals surface area contributed by atoms with Gasteiger partial charge in [0.2, 0.25) is 5.91 Å². The third kappa shape index (κ3) is 6.74. The number of thioether (sulfide) groups is 1. The molecule has 1 aromatic carbocycles. The smallest absolute Gasteiger partial charge is 0.326 e. The Morgan fingerprint density at radius 3 is 2.25 bits per heavy atom. The number of carbonyl (C=O) groups is 3. The fourth-order valence-corrected chi connectivity index (χ4v) is 2.84. The highest BCUT2D eigenvalue weighted by atomic mass is 32.2. The molecule has 24 heavy (non-hydrogen) atoms. The van der Waals surface area contributed by atoms with Crippen molar-refractivity contribution in [2.75, 3.05) is 29.6 Å². The lowest BCUT2D eigenvalue weighted by Gasteiger charge is -2.22. The second kappa shape index (κ2) is 9.47. The first-order chi connectivity index (χ1) is 11.3. The lowest BCUT2D eigenvalue weighted by Crippen LogP contribution is -2.38. The van der Waals surface area contributed by atoms with Crippen LogP contribution >= 0.6 is 11.8 Å². The summed E-state index contributed by atoms with van der Waals surface area (Å²) in [5, 5.41) is 0. The van der Waals surface area contributed by atoms with E-state index in [0.717, 1.165) is 0 Å². The van der Waals surface area contributed by atoms with Gasteiger partial charge in [0, 0.05) is 11.1 Å². The number of hydrogen-bond donors (Lipinski definition) is 0. The number of ether oxygens (including phenoxy) is 1. The van der Waals surface area contributed by atoms with E-state index in [0.29, 0.717) is 5.69 Å². The number of hydrogen-bond acceptors (Lipinski definition) is 5. The van der Waals surface area contributed by atoms with Gasteiger partial charge in [0.15, 0.2) is 0 Å². The Labute approximate surface area is 147 Å². The molecule has 1 aromatic rings.